The summed E-state index contributed by atoms with van der Waals surface area (Å²) in [6.45, 7) is 1.39. The van der Waals surface area contributed by atoms with Crippen LogP contribution in [-0.2, 0) is 9.53 Å². The molecular formula is C8H13ClFNO2. The Balaban J connectivity index is 0.000000845. The van der Waals surface area contributed by atoms with Crippen molar-refractivity contribution in [3.05, 3.63) is 0 Å². The van der Waals surface area contributed by atoms with Gasteiger partial charge in [0, 0.05) is 13.0 Å². The number of ether oxygens (including phenoxy) is 1. The molecule has 0 aliphatic carbocycles. The fourth-order valence-electron chi connectivity index (χ4n) is 1.98. The fourth-order valence-corrected chi connectivity index (χ4v) is 1.98. The molecule has 1 spiro atoms. The largest absolute Gasteiger partial charge is 0.465 e. The van der Waals surface area contributed by atoms with Gasteiger partial charge in [-0.15, -0.1) is 12.4 Å². The van der Waals surface area contributed by atoms with Crippen molar-refractivity contribution in [3.8, 4) is 0 Å². The number of rotatable bonds is 0. The van der Waals surface area contributed by atoms with Crippen molar-refractivity contribution < 1.29 is 13.9 Å². The average molecular weight is 210 g/mol. The molecule has 0 amide bonds. The molecule has 0 aromatic rings. The van der Waals surface area contributed by atoms with Crippen LogP contribution in [0, 0.1) is 5.41 Å². The molecule has 0 bridgehead atoms. The number of alkyl halides is 1. The quantitative estimate of drug-likeness (QED) is 0.596. The Bertz CT molecular complexity index is 214. The average Bonchev–Trinajstić information content (AvgIpc) is 2.41. The van der Waals surface area contributed by atoms with E-state index in [2.05, 4.69) is 5.32 Å². The normalized spacial score (nSPS) is 38.5. The highest BCUT2D eigenvalue weighted by Gasteiger charge is 2.52. The van der Waals surface area contributed by atoms with E-state index in [9.17, 15) is 9.18 Å². The molecule has 76 valence electrons. The molecule has 2 heterocycles. The number of carbonyl (C=O) groups excluding carboxylic acids is 1. The van der Waals surface area contributed by atoms with Gasteiger partial charge < -0.3 is 10.1 Å². The summed E-state index contributed by atoms with van der Waals surface area (Å²) in [4.78, 5) is 11.3. The first-order valence-corrected chi connectivity index (χ1v) is 4.28. The van der Waals surface area contributed by atoms with Crippen LogP contribution in [0.25, 0.3) is 0 Å². The molecule has 0 aromatic carbocycles. The third kappa shape index (κ3) is 1.53. The van der Waals surface area contributed by atoms with Crippen LogP contribution in [-0.4, -0.2) is 31.8 Å². The smallest absolute Gasteiger partial charge is 0.315 e. The standard InChI is InChI=1S/C8H12FNO2.ClH/c9-6-5-10-3-1-8(6)2-4-12-7(8)11;/h6,10H,1-5H2;1H/t6-,8+;/m1./s1. The van der Waals surface area contributed by atoms with Gasteiger partial charge in [0.05, 0.1) is 6.61 Å². The second kappa shape index (κ2) is 3.80. The Hall–Kier alpha value is -0.350. The number of carbonyl (C=O) groups is 1. The van der Waals surface area contributed by atoms with E-state index >= 15 is 0 Å². The molecule has 3 nitrogen and oxygen atoms in total. The number of esters is 1. The highest BCUT2D eigenvalue weighted by molar-refractivity contribution is 5.85. The molecular weight excluding hydrogens is 197 g/mol. The second-order valence-corrected chi connectivity index (χ2v) is 3.46. The van der Waals surface area contributed by atoms with Gasteiger partial charge in [0.25, 0.3) is 0 Å². The number of hydrogen-bond acceptors (Lipinski definition) is 3. The minimum Gasteiger partial charge on any atom is -0.465 e. The van der Waals surface area contributed by atoms with E-state index in [1.165, 1.54) is 0 Å². The Labute approximate surface area is 82.4 Å². The lowest BCUT2D eigenvalue weighted by Gasteiger charge is -2.32. The van der Waals surface area contributed by atoms with Gasteiger partial charge in [0.1, 0.15) is 11.6 Å². The van der Waals surface area contributed by atoms with Crippen LogP contribution in [0.2, 0.25) is 0 Å². The molecule has 2 fully saturated rings. The zero-order chi connectivity index (χ0) is 8.60. The van der Waals surface area contributed by atoms with E-state index in [0.717, 1.165) is 6.54 Å². The Morgan fingerprint density at radius 1 is 1.54 bits per heavy atom. The van der Waals surface area contributed by atoms with Crippen molar-refractivity contribution in [2.75, 3.05) is 19.7 Å². The lowest BCUT2D eigenvalue weighted by atomic mass is 9.76. The van der Waals surface area contributed by atoms with Gasteiger partial charge in [-0.3, -0.25) is 4.79 Å². The summed E-state index contributed by atoms with van der Waals surface area (Å²) in [5.74, 6) is -0.337. The monoisotopic (exact) mass is 209 g/mol. The predicted molar refractivity (Wildman–Crippen MR) is 47.6 cm³/mol. The summed E-state index contributed by atoms with van der Waals surface area (Å²) in [6, 6.07) is 0. The van der Waals surface area contributed by atoms with Crippen molar-refractivity contribution in [1.82, 2.24) is 5.32 Å². The van der Waals surface area contributed by atoms with Gasteiger partial charge in [0.15, 0.2) is 0 Å². The van der Waals surface area contributed by atoms with E-state index in [-0.39, 0.29) is 24.9 Å². The molecule has 2 aliphatic heterocycles. The third-order valence-corrected chi connectivity index (χ3v) is 2.86. The van der Waals surface area contributed by atoms with Crippen molar-refractivity contribution in [2.45, 2.75) is 19.0 Å². The summed E-state index contributed by atoms with van der Waals surface area (Å²) in [5, 5.41) is 2.92. The highest BCUT2D eigenvalue weighted by Crippen LogP contribution is 2.40. The predicted octanol–water partition coefficient (Wildman–Crippen LogP) is 0.673. The lowest BCUT2D eigenvalue weighted by molar-refractivity contribution is -0.150. The molecule has 2 atom stereocenters. The van der Waals surface area contributed by atoms with Crippen molar-refractivity contribution in [3.63, 3.8) is 0 Å². The third-order valence-electron chi connectivity index (χ3n) is 2.86. The van der Waals surface area contributed by atoms with Crippen molar-refractivity contribution in [1.29, 1.82) is 0 Å². The van der Waals surface area contributed by atoms with Crippen LogP contribution in [0.1, 0.15) is 12.8 Å². The van der Waals surface area contributed by atoms with Gasteiger partial charge >= 0.3 is 5.97 Å². The number of piperidine rings is 1. The zero-order valence-corrected chi connectivity index (χ0v) is 8.03. The maximum absolute atomic E-state index is 13.4. The minimum absolute atomic E-state index is 0. The van der Waals surface area contributed by atoms with E-state index in [4.69, 9.17) is 4.74 Å². The minimum atomic E-state index is -1.07. The highest BCUT2D eigenvalue weighted by atomic mass is 35.5. The fraction of sp³-hybridized carbons (Fsp3) is 0.875. The topological polar surface area (TPSA) is 38.3 Å². The Morgan fingerprint density at radius 3 is 2.85 bits per heavy atom. The molecule has 2 aliphatic rings. The maximum atomic E-state index is 13.4. The number of halogens is 2. The molecule has 5 heteroatoms. The molecule has 2 rings (SSSR count). The second-order valence-electron chi connectivity index (χ2n) is 3.46. The molecule has 2 saturated heterocycles. The van der Waals surface area contributed by atoms with Gasteiger partial charge in [-0.25, -0.2) is 4.39 Å². The van der Waals surface area contributed by atoms with E-state index in [0.29, 0.717) is 19.4 Å². The first-order valence-electron chi connectivity index (χ1n) is 4.28. The first kappa shape index (κ1) is 10.7. The van der Waals surface area contributed by atoms with Gasteiger partial charge in [0.2, 0.25) is 0 Å². The van der Waals surface area contributed by atoms with E-state index < -0.39 is 11.6 Å². The van der Waals surface area contributed by atoms with Crippen LogP contribution in [0.15, 0.2) is 0 Å². The van der Waals surface area contributed by atoms with Crippen molar-refractivity contribution >= 4 is 18.4 Å². The van der Waals surface area contributed by atoms with E-state index in [1.54, 1.807) is 0 Å². The van der Waals surface area contributed by atoms with Crippen LogP contribution >= 0.6 is 12.4 Å². The maximum Gasteiger partial charge on any atom is 0.315 e. The van der Waals surface area contributed by atoms with Crippen LogP contribution < -0.4 is 5.32 Å². The van der Waals surface area contributed by atoms with E-state index in [1.807, 2.05) is 0 Å². The zero-order valence-electron chi connectivity index (χ0n) is 7.22. The molecule has 0 radical (unpaired) electrons. The first-order chi connectivity index (χ1) is 5.76. The summed E-state index contributed by atoms with van der Waals surface area (Å²) < 4.78 is 18.2. The summed E-state index contributed by atoms with van der Waals surface area (Å²) in [6.07, 6.45) is 0.0584. The molecule has 13 heavy (non-hydrogen) atoms. The van der Waals surface area contributed by atoms with Crippen LogP contribution in [0.4, 0.5) is 4.39 Å². The van der Waals surface area contributed by atoms with Gasteiger partial charge in [-0.2, -0.15) is 0 Å². The molecule has 0 saturated carbocycles. The molecule has 0 unspecified atom stereocenters. The van der Waals surface area contributed by atoms with Crippen molar-refractivity contribution in [2.24, 2.45) is 5.41 Å². The molecule has 1 N–H and O–H groups in total. The van der Waals surface area contributed by atoms with Gasteiger partial charge in [-0.05, 0) is 13.0 Å². The van der Waals surface area contributed by atoms with Crippen LogP contribution in [0.3, 0.4) is 0 Å². The van der Waals surface area contributed by atoms with Crippen LogP contribution in [0.5, 0.6) is 0 Å². The summed E-state index contributed by atoms with van der Waals surface area (Å²) in [5.41, 5.74) is -0.800. The summed E-state index contributed by atoms with van der Waals surface area (Å²) >= 11 is 0. The Kier molecular flexibility index (Phi) is 3.14. The molecule has 0 aromatic heterocycles. The van der Waals surface area contributed by atoms with Gasteiger partial charge in [-0.1, -0.05) is 0 Å². The lowest BCUT2D eigenvalue weighted by Crippen LogP contribution is -2.49. The number of nitrogens with one attached hydrogen (secondary N) is 1. The Morgan fingerprint density at radius 2 is 2.31 bits per heavy atom. The SMILES string of the molecule is Cl.O=C1OCC[C@]12CCNC[C@H]2F. The summed E-state index contributed by atoms with van der Waals surface area (Å²) in [7, 11) is 0. The number of hydrogen-bond donors (Lipinski definition) is 1. The number of cyclic esters (lactones) is 1.